The zero-order chi connectivity index (χ0) is 22.0. The van der Waals surface area contributed by atoms with E-state index in [1.807, 2.05) is 18.2 Å². The van der Waals surface area contributed by atoms with Gasteiger partial charge in [-0.15, -0.1) is 0 Å². The Kier molecular flexibility index (Phi) is 6.80. The van der Waals surface area contributed by atoms with Gasteiger partial charge in [-0.2, -0.15) is 0 Å². The van der Waals surface area contributed by atoms with Gasteiger partial charge in [-0.05, 0) is 47.8 Å². The van der Waals surface area contributed by atoms with Crippen LogP contribution >= 0.6 is 0 Å². The summed E-state index contributed by atoms with van der Waals surface area (Å²) in [6, 6.07) is 16.4. The monoisotopic (exact) mass is 424 g/mol. The second-order valence-electron chi connectivity index (χ2n) is 10.4. The summed E-state index contributed by atoms with van der Waals surface area (Å²) in [7, 11) is -3.61. The predicted octanol–water partition coefficient (Wildman–Crippen LogP) is 7.58. The van der Waals surface area contributed by atoms with E-state index >= 15 is 0 Å². The van der Waals surface area contributed by atoms with Crippen molar-refractivity contribution in [1.82, 2.24) is 0 Å². The zero-order valence-electron chi connectivity index (χ0n) is 19.5. The van der Waals surface area contributed by atoms with Gasteiger partial charge in [0.25, 0.3) is 8.32 Å². The molecule has 2 aromatic carbocycles. The molecule has 0 bridgehead atoms. The van der Waals surface area contributed by atoms with E-state index < -0.39 is 16.4 Å². The number of carbonyl (C=O) groups excluding carboxylic acids is 1. The normalized spacial score (nSPS) is 13.3. The first-order chi connectivity index (χ1) is 13.2. The minimum atomic E-state index is -2.07. The molecule has 0 aromatic heterocycles. The molecule has 0 atom stereocenters. The van der Waals surface area contributed by atoms with Crippen LogP contribution in [0, 0.1) is 0 Å². The van der Waals surface area contributed by atoms with Gasteiger partial charge in [-0.1, -0.05) is 88.6 Å². The van der Waals surface area contributed by atoms with Gasteiger partial charge in [-0.3, -0.25) is 4.79 Å². The molecule has 0 radical (unpaired) electrons. The van der Waals surface area contributed by atoms with Crippen molar-refractivity contribution in [3.63, 3.8) is 0 Å². The van der Waals surface area contributed by atoms with Crippen molar-refractivity contribution >= 4 is 27.7 Å². The molecule has 2 nitrogen and oxygen atoms in total. The van der Waals surface area contributed by atoms with E-state index in [1.165, 1.54) is 0 Å². The molecule has 0 N–H and O–H groups in total. The Morgan fingerprint density at radius 2 is 1.48 bits per heavy atom. The third kappa shape index (κ3) is 5.80. The molecule has 4 heteroatoms. The molecule has 0 aliphatic carbocycles. The van der Waals surface area contributed by atoms with E-state index in [9.17, 15) is 4.79 Å². The highest BCUT2D eigenvalue weighted by Gasteiger charge is 2.39. The highest BCUT2D eigenvalue weighted by Crippen LogP contribution is 2.40. The standard InChI is InChI=1S/C25H36O2Si2/c1-19(26)24-21(16-13-17-23(24)27-29(8,9)25(2,3)4)22(18-28(5,6)7)20-14-11-10-12-15-20/h10-18H,1-9H3/b22-18+. The van der Waals surface area contributed by atoms with Crippen molar-refractivity contribution in [2.45, 2.75) is 65.5 Å². The fourth-order valence-corrected chi connectivity index (χ4v) is 5.21. The lowest BCUT2D eigenvalue weighted by atomic mass is 9.93. The number of benzene rings is 2. The first-order valence-electron chi connectivity index (χ1n) is 10.3. The molecule has 0 saturated heterocycles. The van der Waals surface area contributed by atoms with E-state index in [-0.39, 0.29) is 10.8 Å². The van der Waals surface area contributed by atoms with E-state index in [4.69, 9.17) is 4.43 Å². The van der Waals surface area contributed by atoms with E-state index in [1.54, 1.807) is 6.92 Å². The van der Waals surface area contributed by atoms with Crippen LogP contribution in [0.1, 0.15) is 49.2 Å². The van der Waals surface area contributed by atoms with Crippen LogP contribution in [-0.2, 0) is 0 Å². The van der Waals surface area contributed by atoms with Crippen LogP contribution in [0.15, 0.2) is 54.2 Å². The molecule has 29 heavy (non-hydrogen) atoms. The zero-order valence-corrected chi connectivity index (χ0v) is 21.5. The Morgan fingerprint density at radius 1 is 0.897 bits per heavy atom. The summed E-state index contributed by atoms with van der Waals surface area (Å²) in [5.74, 6) is 0.769. The van der Waals surface area contributed by atoms with Crippen molar-refractivity contribution in [3.8, 4) is 5.75 Å². The maximum atomic E-state index is 12.8. The largest absolute Gasteiger partial charge is 0.543 e. The van der Waals surface area contributed by atoms with Gasteiger partial charge in [0.15, 0.2) is 5.78 Å². The molecule has 0 heterocycles. The molecule has 156 valence electrons. The Labute approximate surface area is 179 Å². The van der Waals surface area contributed by atoms with Crippen molar-refractivity contribution < 1.29 is 9.22 Å². The Balaban J connectivity index is 2.74. The van der Waals surface area contributed by atoms with Crippen LogP contribution in [0.3, 0.4) is 0 Å². The molecule has 0 saturated carbocycles. The molecule has 2 rings (SSSR count). The minimum absolute atomic E-state index is 0.0479. The summed E-state index contributed by atoms with van der Waals surface area (Å²) in [5.41, 5.74) is 6.34. The summed E-state index contributed by atoms with van der Waals surface area (Å²) >= 11 is 0. The van der Waals surface area contributed by atoms with Crippen LogP contribution in [0.2, 0.25) is 37.8 Å². The van der Waals surface area contributed by atoms with Gasteiger partial charge in [0.05, 0.1) is 13.6 Å². The SMILES string of the molecule is CC(=O)c1c(O[Si](C)(C)C(C)(C)C)cccc1/C(=C/[Si](C)(C)C)c1ccccc1. The predicted molar refractivity (Wildman–Crippen MR) is 131 cm³/mol. The third-order valence-electron chi connectivity index (χ3n) is 5.50. The minimum Gasteiger partial charge on any atom is -0.543 e. The van der Waals surface area contributed by atoms with Gasteiger partial charge in [0.2, 0.25) is 0 Å². The van der Waals surface area contributed by atoms with E-state index in [2.05, 4.69) is 89.5 Å². The maximum absolute atomic E-state index is 12.8. The van der Waals surface area contributed by atoms with Gasteiger partial charge in [-0.25, -0.2) is 0 Å². The number of hydrogen-bond donors (Lipinski definition) is 0. The van der Waals surface area contributed by atoms with E-state index in [0.717, 1.165) is 22.4 Å². The number of hydrogen-bond acceptors (Lipinski definition) is 2. The molecular formula is C25H36O2Si2. The molecule has 0 aliphatic heterocycles. The second kappa shape index (κ2) is 8.44. The Hall–Kier alpha value is -1.92. The fourth-order valence-electron chi connectivity index (χ4n) is 3.00. The number of carbonyl (C=O) groups is 1. The van der Waals surface area contributed by atoms with Crippen molar-refractivity contribution in [2.24, 2.45) is 0 Å². The number of Topliss-reactive ketones (excluding diaryl/α,β-unsaturated/α-hetero) is 1. The summed E-state index contributed by atoms with van der Waals surface area (Å²) < 4.78 is 6.62. The molecule has 0 spiro atoms. The second-order valence-corrected chi connectivity index (χ2v) is 20.1. The summed E-state index contributed by atoms with van der Waals surface area (Å²) in [6.45, 7) is 19.7. The van der Waals surface area contributed by atoms with Gasteiger partial charge in [0, 0.05) is 0 Å². The third-order valence-corrected chi connectivity index (χ3v) is 11.0. The molecular weight excluding hydrogens is 388 g/mol. The smallest absolute Gasteiger partial charge is 0.250 e. The molecule has 0 aliphatic rings. The highest BCUT2D eigenvalue weighted by molar-refractivity contribution is 6.81. The average molecular weight is 425 g/mol. The molecule has 0 amide bonds. The van der Waals surface area contributed by atoms with Crippen LogP contribution < -0.4 is 4.43 Å². The molecule has 2 aromatic rings. The van der Waals surface area contributed by atoms with Crippen molar-refractivity contribution in [2.75, 3.05) is 0 Å². The topological polar surface area (TPSA) is 26.3 Å². The lowest BCUT2D eigenvalue weighted by Gasteiger charge is -2.37. The average Bonchev–Trinajstić information content (AvgIpc) is 2.58. The maximum Gasteiger partial charge on any atom is 0.250 e. The Bertz CT molecular complexity index is 899. The fraction of sp³-hybridized carbons (Fsp3) is 0.400. The van der Waals surface area contributed by atoms with E-state index in [0.29, 0.717) is 5.56 Å². The van der Waals surface area contributed by atoms with Crippen molar-refractivity contribution in [3.05, 3.63) is 70.9 Å². The highest BCUT2D eigenvalue weighted by atomic mass is 28.4. The lowest BCUT2D eigenvalue weighted by Crippen LogP contribution is -2.44. The van der Waals surface area contributed by atoms with Crippen LogP contribution in [0.25, 0.3) is 5.57 Å². The molecule has 0 fully saturated rings. The van der Waals surface area contributed by atoms with Gasteiger partial charge in [0.1, 0.15) is 5.75 Å². The quantitative estimate of drug-likeness (QED) is 0.353. The first-order valence-corrected chi connectivity index (χ1v) is 16.8. The number of rotatable bonds is 6. The lowest BCUT2D eigenvalue weighted by molar-refractivity contribution is 0.101. The summed E-state index contributed by atoms with van der Waals surface area (Å²) in [5, 5.41) is 0.0630. The Morgan fingerprint density at radius 3 is 1.97 bits per heavy atom. The van der Waals surface area contributed by atoms with Crippen LogP contribution in [0.4, 0.5) is 0 Å². The van der Waals surface area contributed by atoms with Gasteiger partial charge >= 0.3 is 0 Å². The van der Waals surface area contributed by atoms with Crippen molar-refractivity contribution in [1.29, 1.82) is 0 Å². The van der Waals surface area contributed by atoms with Gasteiger partial charge < -0.3 is 4.43 Å². The molecule has 0 unspecified atom stereocenters. The van der Waals surface area contributed by atoms with Crippen LogP contribution in [0.5, 0.6) is 5.75 Å². The summed E-state index contributed by atoms with van der Waals surface area (Å²) in [4.78, 5) is 12.8. The number of ketones is 1. The van der Waals surface area contributed by atoms with Crippen LogP contribution in [-0.4, -0.2) is 22.2 Å². The summed E-state index contributed by atoms with van der Waals surface area (Å²) in [6.07, 6.45) is 0. The first kappa shape index (κ1) is 23.4.